The van der Waals surface area contributed by atoms with Gasteiger partial charge in [-0.3, -0.25) is 0 Å². The number of nitrogens with one attached hydrogen (secondary N) is 1. The fraction of sp³-hybridized carbons (Fsp3) is 0.458. The number of benzene rings is 1. The molecule has 1 fully saturated rings. The maximum Gasteiger partial charge on any atom is 0.315 e. The number of anilines is 1. The first-order valence-corrected chi connectivity index (χ1v) is 11.4. The van der Waals surface area contributed by atoms with Crippen molar-refractivity contribution in [3.05, 3.63) is 53.3 Å². The number of carbonyl (C=O) groups excluding carboxylic acids is 1. The van der Waals surface area contributed by atoms with E-state index in [9.17, 15) is 4.79 Å². The Kier molecular flexibility index (Phi) is 6.90. The Hall–Kier alpha value is -3.13. The monoisotopic (exact) mass is 436 g/mol. The van der Waals surface area contributed by atoms with Crippen LogP contribution in [0.15, 0.2) is 36.5 Å². The molecule has 3 heterocycles. The summed E-state index contributed by atoms with van der Waals surface area (Å²) in [5, 5.41) is 9.29. The molecule has 0 bridgehead atoms. The maximum atomic E-state index is 12.4. The van der Waals surface area contributed by atoms with Crippen molar-refractivity contribution >= 4 is 22.8 Å². The lowest BCUT2D eigenvalue weighted by atomic mass is 10.0. The molecule has 8 nitrogen and oxygen atoms in total. The molecule has 3 aromatic rings. The molecule has 1 saturated heterocycles. The van der Waals surface area contributed by atoms with Crippen LogP contribution in [0.25, 0.3) is 11.0 Å². The number of hydrogen-bond donors (Lipinski definition) is 2. The van der Waals surface area contributed by atoms with E-state index in [4.69, 9.17) is 15.5 Å². The molecular weight excluding hydrogens is 404 g/mol. The van der Waals surface area contributed by atoms with Gasteiger partial charge < -0.3 is 20.7 Å². The van der Waals surface area contributed by atoms with Gasteiger partial charge in [0.1, 0.15) is 0 Å². The number of rotatable bonds is 8. The van der Waals surface area contributed by atoms with Gasteiger partial charge >= 0.3 is 6.03 Å². The number of aromatic nitrogens is 3. The fourth-order valence-electron chi connectivity index (χ4n) is 4.29. The van der Waals surface area contributed by atoms with Gasteiger partial charge in [0.05, 0.1) is 23.8 Å². The van der Waals surface area contributed by atoms with Crippen LogP contribution in [0.3, 0.4) is 0 Å². The van der Waals surface area contributed by atoms with Crippen molar-refractivity contribution in [2.45, 2.75) is 58.8 Å². The quantitative estimate of drug-likeness (QED) is 0.561. The molecule has 0 saturated carbocycles. The molecule has 3 N–H and O–H groups in total. The molecular formula is C24H32N6O2. The molecule has 1 aliphatic rings. The van der Waals surface area contributed by atoms with Crippen molar-refractivity contribution in [1.29, 1.82) is 0 Å². The highest BCUT2D eigenvalue weighted by atomic mass is 16.5. The summed E-state index contributed by atoms with van der Waals surface area (Å²) in [6, 6.07) is 9.77. The average molecular weight is 437 g/mol. The van der Waals surface area contributed by atoms with Crippen LogP contribution in [0.5, 0.6) is 0 Å². The molecule has 0 radical (unpaired) electrons. The van der Waals surface area contributed by atoms with Crippen LogP contribution >= 0.6 is 0 Å². The number of hydrogen-bond acceptors (Lipinski definition) is 5. The van der Waals surface area contributed by atoms with Crippen LogP contribution in [0.4, 0.5) is 10.5 Å². The molecule has 170 valence electrons. The second-order valence-corrected chi connectivity index (χ2v) is 8.17. The van der Waals surface area contributed by atoms with Gasteiger partial charge in [-0.2, -0.15) is 5.10 Å². The van der Waals surface area contributed by atoms with E-state index in [1.807, 2.05) is 41.2 Å². The van der Waals surface area contributed by atoms with Gasteiger partial charge in [0.15, 0.2) is 5.65 Å². The Bertz CT molecular complexity index is 1060. The fourth-order valence-corrected chi connectivity index (χ4v) is 4.29. The van der Waals surface area contributed by atoms with Crippen LogP contribution in [0, 0.1) is 0 Å². The smallest absolute Gasteiger partial charge is 0.315 e. The van der Waals surface area contributed by atoms with E-state index in [1.54, 1.807) is 4.90 Å². The molecule has 2 amide bonds. The zero-order chi connectivity index (χ0) is 22.5. The van der Waals surface area contributed by atoms with Crippen LogP contribution in [-0.4, -0.2) is 45.0 Å². The first-order valence-electron chi connectivity index (χ1n) is 11.4. The highest BCUT2D eigenvalue weighted by Crippen LogP contribution is 2.32. The van der Waals surface area contributed by atoms with Crippen LogP contribution in [-0.2, 0) is 30.8 Å². The highest BCUT2D eigenvalue weighted by molar-refractivity contribution is 5.91. The lowest BCUT2D eigenvalue weighted by Crippen LogP contribution is -2.36. The second-order valence-electron chi connectivity index (χ2n) is 8.17. The topological polar surface area (TPSA) is 98.3 Å². The normalized spacial score (nSPS) is 14.6. The van der Waals surface area contributed by atoms with E-state index in [-0.39, 0.29) is 0 Å². The van der Waals surface area contributed by atoms with Crippen LogP contribution in [0.2, 0.25) is 0 Å². The summed E-state index contributed by atoms with van der Waals surface area (Å²) in [7, 11) is 0. The number of carbonyl (C=O) groups is 1. The molecule has 8 heteroatoms. The van der Waals surface area contributed by atoms with Crippen molar-refractivity contribution in [2.24, 2.45) is 5.73 Å². The summed E-state index contributed by atoms with van der Waals surface area (Å²) >= 11 is 0. The van der Waals surface area contributed by atoms with Gasteiger partial charge in [-0.1, -0.05) is 37.3 Å². The Morgan fingerprint density at radius 1 is 1.22 bits per heavy atom. The zero-order valence-corrected chi connectivity index (χ0v) is 18.9. The Labute approximate surface area is 188 Å². The average Bonchev–Trinajstić information content (AvgIpc) is 3.23. The van der Waals surface area contributed by atoms with E-state index in [0.717, 1.165) is 72.6 Å². The third-order valence-corrected chi connectivity index (χ3v) is 6.05. The van der Waals surface area contributed by atoms with E-state index in [1.165, 1.54) is 0 Å². The molecule has 32 heavy (non-hydrogen) atoms. The van der Waals surface area contributed by atoms with Crippen LogP contribution < -0.4 is 11.1 Å². The largest absolute Gasteiger partial charge is 0.381 e. The van der Waals surface area contributed by atoms with E-state index in [0.29, 0.717) is 19.1 Å². The van der Waals surface area contributed by atoms with Crippen molar-refractivity contribution in [3.63, 3.8) is 0 Å². The summed E-state index contributed by atoms with van der Waals surface area (Å²) in [5.41, 5.74) is 10.7. The Morgan fingerprint density at radius 2 is 1.97 bits per heavy atom. The lowest BCUT2D eigenvalue weighted by Gasteiger charge is -2.28. The Balaban J connectivity index is 1.76. The number of nitrogens with zero attached hydrogens (tertiary/aromatic N) is 4. The minimum absolute atomic E-state index is 0.305. The maximum absolute atomic E-state index is 12.4. The molecule has 2 aromatic heterocycles. The number of pyridine rings is 1. The van der Waals surface area contributed by atoms with Gasteiger partial charge in [0.25, 0.3) is 0 Å². The van der Waals surface area contributed by atoms with E-state index in [2.05, 4.69) is 24.3 Å². The summed E-state index contributed by atoms with van der Waals surface area (Å²) in [4.78, 5) is 19.0. The van der Waals surface area contributed by atoms with E-state index >= 15 is 0 Å². The molecule has 0 unspecified atom stereocenters. The van der Waals surface area contributed by atoms with Gasteiger partial charge in [-0.15, -0.1) is 0 Å². The molecule has 1 aliphatic heterocycles. The first kappa shape index (κ1) is 22.1. The summed E-state index contributed by atoms with van der Waals surface area (Å²) < 4.78 is 7.47. The van der Waals surface area contributed by atoms with E-state index < -0.39 is 6.03 Å². The van der Waals surface area contributed by atoms with Crippen molar-refractivity contribution < 1.29 is 9.53 Å². The number of primary amides is 1. The first-order chi connectivity index (χ1) is 15.6. The van der Waals surface area contributed by atoms with Gasteiger partial charge in [0, 0.05) is 43.6 Å². The standard InChI is InChI=1S/C24H32N6O2/c1-3-21-20(16-29(24(25)31)15-17-8-6-5-7-9-17)22(27-18-10-12-32-13-11-18)19-14-26-30(4-2)23(19)28-21/h5-9,14,18H,3-4,10-13,15-16H2,1-2H3,(H2,25,31)(H,27,28). The second kappa shape index (κ2) is 9.99. The number of amides is 2. The molecule has 1 aromatic carbocycles. The van der Waals surface area contributed by atoms with Crippen molar-refractivity contribution in [1.82, 2.24) is 19.7 Å². The minimum atomic E-state index is -0.447. The minimum Gasteiger partial charge on any atom is -0.381 e. The third-order valence-electron chi connectivity index (χ3n) is 6.05. The number of fused-ring (bicyclic) bond motifs is 1. The molecule has 0 spiro atoms. The Morgan fingerprint density at radius 3 is 2.62 bits per heavy atom. The molecule has 0 atom stereocenters. The number of urea groups is 1. The highest BCUT2D eigenvalue weighted by Gasteiger charge is 2.24. The van der Waals surface area contributed by atoms with Crippen LogP contribution in [0.1, 0.15) is 43.5 Å². The predicted octanol–water partition coefficient (Wildman–Crippen LogP) is 3.69. The zero-order valence-electron chi connectivity index (χ0n) is 18.9. The van der Waals surface area contributed by atoms with Crippen molar-refractivity contribution in [3.8, 4) is 0 Å². The molecule has 0 aliphatic carbocycles. The number of aryl methyl sites for hydroxylation is 2. The summed E-state index contributed by atoms with van der Waals surface area (Å²) in [6.45, 7) is 7.23. The molecule has 4 rings (SSSR count). The lowest BCUT2D eigenvalue weighted by molar-refractivity contribution is 0.0904. The van der Waals surface area contributed by atoms with Gasteiger partial charge in [0.2, 0.25) is 0 Å². The predicted molar refractivity (Wildman–Crippen MR) is 125 cm³/mol. The third kappa shape index (κ3) is 4.70. The number of ether oxygens (including phenoxy) is 1. The van der Waals surface area contributed by atoms with Gasteiger partial charge in [-0.25, -0.2) is 14.5 Å². The SMILES string of the molecule is CCc1nc2c(cnn2CC)c(NC2CCOCC2)c1CN(Cc1ccccc1)C(N)=O. The van der Waals surface area contributed by atoms with Crippen molar-refractivity contribution in [2.75, 3.05) is 18.5 Å². The number of nitrogens with two attached hydrogens (primary N) is 1. The summed E-state index contributed by atoms with van der Waals surface area (Å²) in [6.07, 6.45) is 4.51. The summed E-state index contributed by atoms with van der Waals surface area (Å²) in [5.74, 6) is 0. The van der Waals surface area contributed by atoms with Gasteiger partial charge in [-0.05, 0) is 31.7 Å².